The van der Waals surface area contributed by atoms with Crippen LogP contribution in [0.4, 0.5) is 16.2 Å². The standard InChI is InChI=1S/C23H29N5OS/c1-3-14-30-19-7-4-17(5-8-19)24-23(29)25-18-6-9-21-20(15-18)22(27-26-21)16-10-12-28(2)13-11-16/h4-9,15-16H,3,10-14H2,1-2H3,(H,26,27)(H2,24,25,29). The molecule has 2 heterocycles. The lowest BCUT2D eigenvalue weighted by Crippen LogP contribution is -2.29. The SMILES string of the molecule is CCCSc1ccc(NC(=O)Nc2ccc3[nH]nc(C4CCN(C)CC4)c3c2)cc1. The Morgan fingerprint density at radius 2 is 1.83 bits per heavy atom. The Morgan fingerprint density at radius 1 is 1.13 bits per heavy atom. The van der Waals surface area contributed by atoms with Gasteiger partial charge in [-0.25, -0.2) is 4.79 Å². The molecule has 0 spiro atoms. The Labute approximate surface area is 181 Å². The van der Waals surface area contributed by atoms with Crippen LogP contribution in [0.25, 0.3) is 10.9 Å². The van der Waals surface area contributed by atoms with Crippen LogP contribution in [-0.4, -0.2) is 47.0 Å². The molecular formula is C23H29N5OS. The number of nitrogens with one attached hydrogen (secondary N) is 3. The van der Waals surface area contributed by atoms with Crippen LogP contribution >= 0.6 is 11.8 Å². The molecule has 158 valence electrons. The lowest BCUT2D eigenvalue weighted by atomic mass is 9.92. The maximum Gasteiger partial charge on any atom is 0.323 e. The molecule has 0 saturated carbocycles. The second kappa shape index (κ2) is 9.53. The second-order valence-electron chi connectivity index (χ2n) is 7.90. The molecule has 0 radical (unpaired) electrons. The number of anilines is 2. The number of aromatic amines is 1. The summed E-state index contributed by atoms with van der Waals surface area (Å²) >= 11 is 1.83. The normalized spacial score (nSPS) is 15.4. The summed E-state index contributed by atoms with van der Waals surface area (Å²) in [5.74, 6) is 1.56. The van der Waals surface area contributed by atoms with Crippen molar-refractivity contribution in [1.29, 1.82) is 0 Å². The zero-order valence-electron chi connectivity index (χ0n) is 17.6. The topological polar surface area (TPSA) is 73.0 Å². The van der Waals surface area contributed by atoms with Gasteiger partial charge < -0.3 is 15.5 Å². The fourth-order valence-electron chi connectivity index (χ4n) is 3.85. The van der Waals surface area contributed by atoms with Gasteiger partial charge in [0.05, 0.1) is 11.2 Å². The fraction of sp³-hybridized carbons (Fsp3) is 0.391. The molecule has 0 unspecified atom stereocenters. The van der Waals surface area contributed by atoms with E-state index in [0.29, 0.717) is 5.92 Å². The molecule has 0 bridgehead atoms. The molecule has 1 fully saturated rings. The summed E-state index contributed by atoms with van der Waals surface area (Å²) in [6, 6.07) is 13.6. The number of nitrogens with zero attached hydrogens (tertiary/aromatic N) is 2. The minimum absolute atomic E-state index is 0.243. The lowest BCUT2D eigenvalue weighted by molar-refractivity contribution is 0.254. The van der Waals surface area contributed by atoms with Gasteiger partial charge >= 0.3 is 6.03 Å². The van der Waals surface area contributed by atoms with Crippen molar-refractivity contribution < 1.29 is 4.79 Å². The van der Waals surface area contributed by atoms with E-state index in [9.17, 15) is 4.79 Å². The van der Waals surface area contributed by atoms with E-state index in [1.807, 2.05) is 54.2 Å². The van der Waals surface area contributed by atoms with Crippen molar-refractivity contribution in [3.63, 3.8) is 0 Å². The summed E-state index contributed by atoms with van der Waals surface area (Å²) in [6.45, 7) is 4.36. The third-order valence-corrected chi connectivity index (χ3v) is 6.76. The number of piperidine rings is 1. The zero-order chi connectivity index (χ0) is 20.9. The van der Waals surface area contributed by atoms with E-state index in [1.165, 1.54) is 4.90 Å². The van der Waals surface area contributed by atoms with E-state index in [-0.39, 0.29) is 6.03 Å². The average molecular weight is 424 g/mol. The van der Waals surface area contributed by atoms with Gasteiger partial charge in [0.15, 0.2) is 0 Å². The van der Waals surface area contributed by atoms with E-state index < -0.39 is 0 Å². The molecule has 0 atom stereocenters. The maximum absolute atomic E-state index is 12.5. The fourth-order valence-corrected chi connectivity index (χ4v) is 4.62. The van der Waals surface area contributed by atoms with E-state index in [4.69, 9.17) is 0 Å². The van der Waals surface area contributed by atoms with Gasteiger partial charge in [-0.1, -0.05) is 6.92 Å². The van der Waals surface area contributed by atoms with Crippen molar-refractivity contribution in [2.75, 3.05) is 36.5 Å². The molecule has 1 aliphatic heterocycles. The van der Waals surface area contributed by atoms with E-state index >= 15 is 0 Å². The Balaban J connectivity index is 1.42. The van der Waals surface area contributed by atoms with Crippen LogP contribution in [0.1, 0.15) is 37.8 Å². The number of benzene rings is 2. The van der Waals surface area contributed by atoms with Crippen LogP contribution in [0.15, 0.2) is 47.4 Å². The molecule has 1 saturated heterocycles. The summed E-state index contributed by atoms with van der Waals surface area (Å²) in [6.07, 6.45) is 3.37. The van der Waals surface area contributed by atoms with Crippen molar-refractivity contribution in [1.82, 2.24) is 15.1 Å². The zero-order valence-corrected chi connectivity index (χ0v) is 18.4. The molecule has 1 aromatic heterocycles. The molecule has 7 heteroatoms. The van der Waals surface area contributed by atoms with Crippen LogP contribution in [0, 0.1) is 0 Å². The molecule has 2 aromatic carbocycles. The first-order valence-electron chi connectivity index (χ1n) is 10.6. The number of likely N-dealkylation sites (tertiary alicyclic amines) is 1. The highest BCUT2D eigenvalue weighted by molar-refractivity contribution is 7.99. The molecule has 2 amide bonds. The second-order valence-corrected chi connectivity index (χ2v) is 9.07. The molecule has 0 aliphatic carbocycles. The number of carbonyl (C=O) groups excluding carboxylic acids is 1. The first kappa shape index (κ1) is 20.8. The Morgan fingerprint density at radius 3 is 2.57 bits per heavy atom. The van der Waals surface area contributed by atoms with Crippen LogP contribution in [-0.2, 0) is 0 Å². The predicted octanol–water partition coefficient (Wildman–Crippen LogP) is 5.52. The van der Waals surface area contributed by atoms with E-state index in [2.05, 4.69) is 39.7 Å². The lowest BCUT2D eigenvalue weighted by Gasteiger charge is -2.28. The van der Waals surface area contributed by atoms with Gasteiger partial charge in [0, 0.05) is 27.6 Å². The van der Waals surface area contributed by atoms with Crippen molar-refractivity contribution in [2.45, 2.75) is 37.0 Å². The number of aromatic nitrogens is 2. The monoisotopic (exact) mass is 423 g/mol. The number of fused-ring (bicyclic) bond motifs is 1. The highest BCUT2D eigenvalue weighted by atomic mass is 32.2. The van der Waals surface area contributed by atoms with E-state index in [0.717, 1.165) is 66.1 Å². The minimum Gasteiger partial charge on any atom is -0.308 e. The summed E-state index contributed by atoms with van der Waals surface area (Å²) < 4.78 is 0. The van der Waals surface area contributed by atoms with Gasteiger partial charge in [-0.15, -0.1) is 11.8 Å². The number of rotatable bonds is 6. The third-order valence-electron chi connectivity index (χ3n) is 5.54. The predicted molar refractivity (Wildman–Crippen MR) is 126 cm³/mol. The van der Waals surface area contributed by atoms with Gasteiger partial charge in [-0.2, -0.15) is 5.10 Å². The molecule has 3 N–H and O–H groups in total. The summed E-state index contributed by atoms with van der Waals surface area (Å²) in [4.78, 5) is 16.1. The first-order chi connectivity index (χ1) is 14.6. The molecule has 4 rings (SSSR count). The Hall–Kier alpha value is -2.51. The largest absolute Gasteiger partial charge is 0.323 e. The average Bonchev–Trinajstić information content (AvgIpc) is 3.17. The molecular weight excluding hydrogens is 394 g/mol. The third kappa shape index (κ3) is 4.96. The van der Waals surface area contributed by atoms with E-state index in [1.54, 1.807) is 0 Å². The van der Waals surface area contributed by atoms with Crippen molar-refractivity contribution in [3.8, 4) is 0 Å². The van der Waals surface area contributed by atoms with Gasteiger partial charge in [0.25, 0.3) is 0 Å². The van der Waals surface area contributed by atoms with Gasteiger partial charge in [-0.3, -0.25) is 5.10 Å². The number of carbonyl (C=O) groups is 1. The number of H-pyrrole nitrogens is 1. The van der Waals surface area contributed by atoms with Crippen molar-refractivity contribution >= 4 is 40.1 Å². The van der Waals surface area contributed by atoms with Gasteiger partial charge in [-0.05, 0) is 87.6 Å². The summed E-state index contributed by atoms with van der Waals surface area (Å²) in [5, 5.41) is 14.7. The minimum atomic E-state index is -0.243. The Kier molecular flexibility index (Phi) is 6.59. The number of amides is 2. The Bertz CT molecular complexity index is 993. The maximum atomic E-state index is 12.5. The molecule has 6 nitrogen and oxygen atoms in total. The quantitative estimate of drug-likeness (QED) is 0.457. The number of hydrogen-bond donors (Lipinski definition) is 3. The van der Waals surface area contributed by atoms with Gasteiger partial charge in [0.2, 0.25) is 0 Å². The van der Waals surface area contributed by atoms with Gasteiger partial charge in [0.1, 0.15) is 0 Å². The first-order valence-corrected chi connectivity index (χ1v) is 11.6. The summed E-state index contributed by atoms with van der Waals surface area (Å²) in [7, 11) is 2.16. The number of thioether (sulfide) groups is 1. The van der Waals surface area contributed by atoms with Crippen molar-refractivity contribution in [3.05, 3.63) is 48.2 Å². The van der Waals surface area contributed by atoms with Crippen LogP contribution in [0.5, 0.6) is 0 Å². The summed E-state index contributed by atoms with van der Waals surface area (Å²) in [5.41, 5.74) is 3.67. The highest BCUT2D eigenvalue weighted by Crippen LogP contribution is 2.32. The smallest absolute Gasteiger partial charge is 0.308 e. The number of hydrogen-bond acceptors (Lipinski definition) is 4. The van der Waals surface area contributed by atoms with Crippen LogP contribution < -0.4 is 10.6 Å². The van der Waals surface area contributed by atoms with Crippen LogP contribution in [0.2, 0.25) is 0 Å². The van der Waals surface area contributed by atoms with Crippen LogP contribution in [0.3, 0.4) is 0 Å². The molecule has 1 aliphatic rings. The number of urea groups is 1. The van der Waals surface area contributed by atoms with Crippen molar-refractivity contribution in [2.24, 2.45) is 0 Å². The molecule has 30 heavy (non-hydrogen) atoms. The highest BCUT2D eigenvalue weighted by Gasteiger charge is 2.22. The molecule has 3 aromatic rings.